The summed E-state index contributed by atoms with van der Waals surface area (Å²) in [5.74, 6) is 0. The lowest BCUT2D eigenvalue weighted by Crippen LogP contribution is -2.43. The molecule has 1 rings (SSSR count). The summed E-state index contributed by atoms with van der Waals surface area (Å²) in [4.78, 5) is 0.0595. The van der Waals surface area contributed by atoms with Crippen LogP contribution in [0.3, 0.4) is 0 Å². The number of sulfone groups is 1. The molecule has 0 fully saturated rings. The minimum atomic E-state index is -3.81. The summed E-state index contributed by atoms with van der Waals surface area (Å²) >= 11 is 6.50. The van der Waals surface area contributed by atoms with E-state index >= 15 is 0 Å². The second-order valence-electron chi connectivity index (χ2n) is 5.39. The Morgan fingerprint density at radius 3 is 2.10 bits per heavy atom. The first-order chi connectivity index (χ1) is 9.28. The summed E-state index contributed by atoms with van der Waals surface area (Å²) < 4.78 is 50.2. The Balaban J connectivity index is 3.12. The zero-order valence-corrected chi connectivity index (χ0v) is 16.9. The first kappa shape index (κ1) is 19.1. The van der Waals surface area contributed by atoms with Gasteiger partial charge in [-0.25, -0.2) is 21.6 Å². The lowest BCUT2D eigenvalue weighted by atomic mass is 10.2. The van der Waals surface area contributed by atoms with Gasteiger partial charge in [-0.15, -0.1) is 0 Å². The summed E-state index contributed by atoms with van der Waals surface area (Å²) in [6, 6.07) is 3.16. The van der Waals surface area contributed by atoms with Crippen molar-refractivity contribution in [2.75, 3.05) is 12.8 Å². The van der Waals surface area contributed by atoms with Crippen LogP contribution in [0, 0.1) is 6.92 Å². The molecule has 5 nitrogen and oxygen atoms in total. The van der Waals surface area contributed by atoms with Crippen LogP contribution in [0.15, 0.2) is 26.0 Å². The van der Waals surface area contributed by atoms with Crippen molar-refractivity contribution < 1.29 is 16.8 Å². The van der Waals surface area contributed by atoms with Crippen molar-refractivity contribution in [2.24, 2.45) is 0 Å². The topological polar surface area (TPSA) is 80.3 Å². The fourth-order valence-corrected chi connectivity index (χ4v) is 4.62. The molecular formula is C12H17Br2NO4S2. The van der Waals surface area contributed by atoms with E-state index in [1.165, 1.54) is 19.9 Å². The zero-order valence-electron chi connectivity index (χ0n) is 12.1. The molecule has 0 aromatic heterocycles. The van der Waals surface area contributed by atoms with E-state index in [-0.39, 0.29) is 11.4 Å². The van der Waals surface area contributed by atoms with E-state index in [1.54, 1.807) is 6.07 Å². The van der Waals surface area contributed by atoms with E-state index in [1.807, 2.05) is 6.92 Å². The van der Waals surface area contributed by atoms with Crippen molar-refractivity contribution in [2.45, 2.75) is 30.4 Å². The Morgan fingerprint density at radius 2 is 1.62 bits per heavy atom. The smallest absolute Gasteiger partial charge is 0.229 e. The molecule has 0 spiro atoms. The van der Waals surface area contributed by atoms with Crippen LogP contribution in [0.2, 0.25) is 0 Å². The third-order valence-corrected chi connectivity index (χ3v) is 8.56. The van der Waals surface area contributed by atoms with Crippen LogP contribution in [-0.2, 0) is 19.9 Å². The van der Waals surface area contributed by atoms with E-state index in [4.69, 9.17) is 0 Å². The van der Waals surface area contributed by atoms with Crippen LogP contribution in [0.5, 0.6) is 0 Å². The molecule has 0 aliphatic carbocycles. The van der Waals surface area contributed by atoms with Crippen LogP contribution >= 0.6 is 31.9 Å². The number of hydrogen-bond donors (Lipinski definition) is 1. The third-order valence-electron chi connectivity index (χ3n) is 3.19. The number of sulfonamides is 1. The molecule has 120 valence electrons. The van der Waals surface area contributed by atoms with E-state index < -0.39 is 24.6 Å². The van der Waals surface area contributed by atoms with Gasteiger partial charge in [0, 0.05) is 21.7 Å². The monoisotopic (exact) mass is 461 g/mol. The van der Waals surface area contributed by atoms with Crippen molar-refractivity contribution >= 4 is 51.7 Å². The SMILES string of the molecule is Cc1cc(Br)c(S(=O)(=O)NCC(C)(C)S(C)(=O)=O)cc1Br. The Hall–Kier alpha value is 0.0400. The van der Waals surface area contributed by atoms with Gasteiger partial charge in [0.25, 0.3) is 0 Å². The molecule has 0 unspecified atom stereocenters. The number of benzene rings is 1. The standard InChI is InChI=1S/C12H17Br2NO4S2/c1-8-5-10(14)11(6-9(8)13)21(18,19)15-7-12(2,3)20(4,16)17/h5-6,15H,7H2,1-4H3. The van der Waals surface area contributed by atoms with Gasteiger partial charge < -0.3 is 0 Å². The van der Waals surface area contributed by atoms with Gasteiger partial charge in [-0.05, 0) is 54.4 Å². The summed E-state index contributed by atoms with van der Waals surface area (Å²) in [7, 11) is -7.19. The van der Waals surface area contributed by atoms with E-state index in [0.29, 0.717) is 8.95 Å². The van der Waals surface area contributed by atoms with Gasteiger partial charge >= 0.3 is 0 Å². The molecule has 0 heterocycles. The highest BCUT2D eigenvalue weighted by Crippen LogP contribution is 2.29. The second kappa shape index (κ2) is 6.27. The highest BCUT2D eigenvalue weighted by atomic mass is 79.9. The molecule has 0 atom stereocenters. The Kier molecular flexibility index (Phi) is 5.70. The summed E-state index contributed by atoms with van der Waals surface area (Å²) in [6.45, 7) is 4.59. The number of rotatable bonds is 5. The van der Waals surface area contributed by atoms with Crippen molar-refractivity contribution in [1.29, 1.82) is 0 Å². The molecule has 0 bridgehead atoms. The largest absolute Gasteiger partial charge is 0.241 e. The van der Waals surface area contributed by atoms with Crippen molar-refractivity contribution in [3.63, 3.8) is 0 Å². The summed E-state index contributed by atoms with van der Waals surface area (Å²) in [6.07, 6.45) is 1.08. The van der Waals surface area contributed by atoms with Gasteiger partial charge in [0.05, 0.1) is 9.64 Å². The minimum absolute atomic E-state index is 0.0595. The summed E-state index contributed by atoms with van der Waals surface area (Å²) in [5.41, 5.74) is 0.886. The molecular weight excluding hydrogens is 446 g/mol. The van der Waals surface area contributed by atoms with Crippen LogP contribution in [0.4, 0.5) is 0 Å². The van der Waals surface area contributed by atoms with Gasteiger partial charge in [0.15, 0.2) is 9.84 Å². The maximum atomic E-state index is 12.3. The maximum absolute atomic E-state index is 12.3. The molecule has 9 heteroatoms. The average Bonchev–Trinajstić information content (AvgIpc) is 2.30. The molecule has 0 radical (unpaired) electrons. The predicted octanol–water partition coefficient (Wildman–Crippen LogP) is 2.62. The number of aryl methyl sites for hydroxylation is 1. The Morgan fingerprint density at radius 1 is 1.10 bits per heavy atom. The van der Waals surface area contributed by atoms with Gasteiger partial charge in [-0.3, -0.25) is 0 Å². The Bertz CT molecular complexity index is 756. The molecule has 1 aromatic carbocycles. The molecule has 1 N–H and O–H groups in total. The Labute approximate surface area is 142 Å². The molecule has 0 saturated carbocycles. The van der Waals surface area contributed by atoms with E-state index in [2.05, 4.69) is 36.6 Å². The third kappa shape index (κ3) is 4.51. The molecule has 1 aromatic rings. The lowest BCUT2D eigenvalue weighted by molar-refractivity contribution is 0.537. The quantitative estimate of drug-likeness (QED) is 0.729. The normalized spacial score (nSPS) is 13.4. The zero-order chi connectivity index (χ0) is 16.6. The first-order valence-corrected chi connectivity index (χ1v) is 10.9. The number of nitrogens with one attached hydrogen (secondary N) is 1. The van der Waals surface area contributed by atoms with E-state index in [9.17, 15) is 16.8 Å². The van der Waals surface area contributed by atoms with Gasteiger partial charge in [-0.2, -0.15) is 0 Å². The van der Waals surface area contributed by atoms with E-state index in [0.717, 1.165) is 11.8 Å². The van der Waals surface area contributed by atoms with Crippen molar-refractivity contribution in [3.05, 3.63) is 26.6 Å². The van der Waals surface area contributed by atoms with Crippen molar-refractivity contribution in [3.8, 4) is 0 Å². The predicted molar refractivity (Wildman–Crippen MR) is 90.7 cm³/mol. The number of halogens is 2. The van der Waals surface area contributed by atoms with Gasteiger partial charge in [0.2, 0.25) is 10.0 Å². The van der Waals surface area contributed by atoms with Crippen LogP contribution < -0.4 is 4.72 Å². The maximum Gasteiger partial charge on any atom is 0.241 e. The van der Waals surface area contributed by atoms with Crippen LogP contribution in [0.1, 0.15) is 19.4 Å². The fourth-order valence-electron chi connectivity index (χ4n) is 1.31. The molecule has 0 amide bonds. The highest BCUT2D eigenvalue weighted by molar-refractivity contribution is 9.11. The van der Waals surface area contributed by atoms with Crippen LogP contribution in [-0.4, -0.2) is 34.4 Å². The van der Waals surface area contributed by atoms with Crippen molar-refractivity contribution in [1.82, 2.24) is 4.72 Å². The van der Waals surface area contributed by atoms with Gasteiger partial charge in [-0.1, -0.05) is 15.9 Å². The fraction of sp³-hybridized carbons (Fsp3) is 0.500. The van der Waals surface area contributed by atoms with Crippen LogP contribution in [0.25, 0.3) is 0 Å². The molecule has 0 aliphatic heterocycles. The molecule has 0 saturated heterocycles. The number of hydrogen-bond acceptors (Lipinski definition) is 4. The molecule has 0 aliphatic rings. The molecule has 21 heavy (non-hydrogen) atoms. The first-order valence-electron chi connectivity index (χ1n) is 5.93. The lowest BCUT2D eigenvalue weighted by Gasteiger charge is -2.23. The van der Waals surface area contributed by atoms with Gasteiger partial charge in [0.1, 0.15) is 0 Å². The highest BCUT2D eigenvalue weighted by Gasteiger charge is 2.32. The minimum Gasteiger partial charge on any atom is -0.229 e. The average molecular weight is 463 g/mol. The second-order valence-corrected chi connectivity index (χ2v) is 11.5. The summed E-state index contributed by atoms with van der Waals surface area (Å²) in [5, 5.41) is 0.